The molecule has 2 aromatic rings. The van der Waals surface area contributed by atoms with Gasteiger partial charge in [0, 0.05) is 62.0 Å². The van der Waals surface area contributed by atoms with Gasteiger partial charge >= 0.3 is 0 Å². The molecule has 6 nitrogen and oxygen atoms in total. The Labute approximate surface area is 202 Å². The third-order valence-corrected chi connectivity index (χ3v) is 7.75. The van der Waals surface area contributed by atoms with Crippen LogP contribution in [0, 0.1) is 6.92 Å². The van der Waals surface area contributed by atoms with Crippen molar-refractivity contribution in [3.05, 3.63) is 52.8 Å². The number of nitrogens with one attached hydrogen (secondary N) is 1. The van der Waals surface area contributed by atoms with Crippen LogP contribution in [-0.2, 0) is 39.2 Å². The van der Waals surface area contributed by atoms with Crippen LogP contribution in [0.4, 0.5) is 8.78 Å². The summed E-state index contributed by atoms with van der Waals surface area (Å²) >= 11 is 0. The second kappa shape index (κ2) is 10.4. The van der Waals surface area contributed by atoms with Crippen molar-refractivity contribution in [1.29, 1.82) is 0 Å². The van der Waals surface area contributed by atoms with Gasteiger partial charge in [0.05, 0.1) is 13.2 Å². The molecule has 1 N–H and O–H groups in total. The van der Waals surface area contributed by atoms with E-state index < -0.39 is 15.9 Å². The van der Waals surface area contributed by atoms with Crippen LogP contribution in [0.15, 0.2) is 35.2 Å². The molecule has 34 heavy (non-hydrogen) atoms. The summed E-state index contributed by atoms with van der Waals surface area (Å²) in [4.78, 5) is 2.60. The van der Waals surface area contributed by atoms with Crippen LogP contribution in [0.25, 0.3) is 0 Å². The normalized spacial score (nSPS) is 16.2. The maximum atomic E-state index is 13.7. The molecule has 0 atom stereocenters. The molecule has 1 saturated heterocycles. The zero-order valence-corrected chi connectivity index (χ0v) is 21.6. The molecule has 2 heterocycles. The lowest BCUT2D eigenvalue weighted by Gasteiger charge is -2.27. The van der Waals surface area contributed by atoms with E-state index in [4.69, 9.17) is 4.74 Å². The van der Waals surface area contributed by atoms with Crippen LogP contribution in [0.2, 0.25) is 0 Å². The van der Waals surface area contributed by atoms with E-state index in [9.17, 15) is 17.2 Å². The Morgan fingerprint density at radius 3 is 2.35 bits per heavy atom. The Kier molecular flexibility index (Phi) is 8.22. The van der Waals surface area contributed by atoms with E-state index in [-0.39, 0.29) is 22.4 Å². The SMILES string of the molecule is Cc1c(S(=O)(=O)NCc2cccc(C(C)(F)F)c2)cc(C(C)(C)C)n1CCCN1CCOCC1. The van der Waals surface area contributed by atoms with Gasteiger partial charge in [-0.2, -0.15) is 0 Å². The molecule has 0 unspecified atom stereocenters. The number of hydrogen-bond acceptors (Lipinski definition) is 4. The number of halogens is 2. The lowest BCUT2D eigenvalue weighted by atomic mass is 9.92. The summed E-state index contributed by atoms with van der Waals surface area (Å²) in [5.41, 5.74) is 1.76. The highest BCUT2D eigenvalue weighted by Gasteiger charge is 2.28. The van der Waals surface area contributed by atoms with E-state index in [1.165, 1.54) is 18.2 Å². The summed E-state index contributed by atoms with van der Waals surface area (Å²) in [6.07, 6.45) is 0.906. The van der Waals surface area contributed by atoms with Gasteiger partial charge in [-0.15, -0.1) is 0 Å². The van der Waals surface area contributed by atoms with Crippen LogP contribution in [-0.4, -0.2) is 50.7 Å². The van der Waals surface area contributed by atoms with Crippen molar-refractivity contribution in [2.45, 2.75) is 70.4 Å². The quantitative estimate of drug-likeness (QED) is 0.558. The maximum absolute atomic E-state index is 13.7. The van der Waals surface area contributed by atoms with Crippen molar-refractivity contribution < 1.29 is 21.9 Å². The van der Waals surface area contributed by atoms with Gasteiger partial charge in [-0.05, 0) is 31.0 Å². The van der Waals surface area contributed by atoms with Gasteiger partial charge in [0.25, 0.3) is 5.92 Å². The zero-order chi connectivity index (χ0) is 25.1. The van der Waals surface area contributed by atoms with E-state index in [1.54, 1.807) is 12.1 Å². The topological polar surface area (TPSA) is 63.6 Å². The van der Waals surface area contributed by atoms with Crippen molar-refractivity contribution >= 4 is 10.0 Å². The highest BCUT2D eigenvalue weighted by Crippen LogP contribution is 2.31. The molecule has 0 spiro atoms. The number of rotatable bonds is 9. The number of ether oxygens (including phenoxy) is 1. The summed E-state index contributed by atoms with van der Waals surface area (Å²) in [6.45, 7) is 13.8. The molecule has 0 radical (unpaired) electrons. The third-order valence-electron chi connectivity index (χ3n) is 6.24. The minimum absolute atomic E-state index is 0.0568. The minimum Gasteiger partial charge on any atom is -0.379 e. The molecule has 0 aliphatic carbocycles. The second-order valence-electron chi connectivity index (χ2n) is 10.1. The fourth-order valence-electron chi connectivity index (χ4n) is 4.29. The number of benzene rings is 1. The molecule has 0 amide bonds. The Bertz CT molecular complexity index is 1080. The van der Waals surface area contributed by atoms with Gasteiger partial charge in [0.15, 0.2) is 0 Å². The van der Waals surface area contributed by atoms with Gasteiger partial charge in [-0.25, -0.2) is 21.9 Å². The molecule has 9 heteroatoms. The first-order chi connectivity index (χ1) is 15.8. The Morgan fingerprint density at radius 1 is 1.06 bits per heavy atom. The fourth-order valence-corrected chi connectivity index (χ4v) is 5.57. The first-order valence-corrected chi connectivity index (χ1v) is 13.2. The first-order valence-electron chi connectivity index (χ1n) is 11.8. The number of sulfonamides is 1. The monoisotopic (exact) mass is 497 g/mol. The van der Waals surface area contributed by atoms with Crippen molar-refractivity contribution in [3.63, 3.8) is 0 Å². The maximum Gasteiger partial charge on any atom is 0.270 e. The van der Waals surface area contributed by atoms with E-state index in [1.807, 2.05) is 6.92 Å². The molecule has 1 fully saturated rings. The second-order valence-corrected chi connectivity index (χ2v) is 11.8. The van der Waals surface area contributed by atoms with E-state index in [0.717, 1.165) is 58.4 Å². The summed E-state index contributed by atoms with van der Waals surface area (Å²) in [5.74, 6) is -2.98. The van der Waals surface area contributed by atoms with Crippen LogP contribution in [0.1, 0.15) is 56.6 Å². The largest absolute Gasteiger partial charge is 0.379 e. The lowest BCUT2D eigenvalue weighted by molar-refractivity contribution is 0.0174. The van der Waals surface area contributed by atoms with Gasteiger partial charge in [-0.1, -0.05) is 39.0 Å². The van der Waals surface area contributed by atoms with Crippen LogP contribution < -0.4 is 4.72 Å². The van der Waals surface area contributed by atoms with Crippen molar-refractivity contribution in [3.8, 4) is 0 Å². The highest BCUT2D eigenvalue weighted by molar-refractivity contribution is 7.89. The van der Waals surface area contributed by atoms with Gasteiger partial charge in [0.1, 0.15) is 4.90 Å². The molecule has 3 rings (SSSR count). The third kappa shape index (κ3) is 6.65. The summed E-state index contributed by atoms with van der Waals surface area (Å²) in [5, 5.41) is 0. The number of morpholine rings is 1. The summed E-state index contributed by atoms with van der Waals surface area (Å²) in [6, 6.07) is 7.59. The van der Waals surface area contributed by atoms with Crippen LogP contribution in [0.3, 0.4) is 0 Å². The lowest BCUT2D eigenvalue weighted by Crippen LogP contribution is -2.37. The standard InChI is InChI=1S/C25H37F2N3O3S/c1-19-22(34(31,32)28-18-20-8-6-9-21(16-20)25(5,26)27)17-23(24(2,3)4)30(19)11-7-10-29-12-14-33-15-13-29/h6,8-9,16-17,28H,7,10-15,18H2,1-5H3. The molecule has 1 aliphatic heterocycles. The van der Waals surface area contributed by atoms with Gasteiger partial charge in [-0.3, -0.25) is 4.90 Å². The molecule has 0 saturated carbocycles. The Balaban J connectivity index is 1.78. The number of hydrogen-bond donors (Lipinski definition) is 1. The zero-order valence-electron chi connectivity index (χ0n) is 20.8. The minimum atomic E-state index is -3.83. The number of nitrogens with zero attached hydrogens (tertiary/aromatic N) is 2. The smallest absolute Gasteiger partial charge is 0.270 e. The Hall–Kier alpha value is -1.81. The molecule has 1 aliphatic rings. The highest BCUT2D eigenvalue weighted by atomic mass is 32.2. The predicted octanol–water partition coefficient (Wildman–Crippen LogP) is 4.41. The van der Waals surface area contributed by atoms with Crippen molar-refractivity contribution in [2.75, 3.05) is 32.8 Å². The van der Waals surface area contributed by atoms with E-state index >= 15 is 0 Å². The van der Waals surface area contributed by atoms with Crippen molar-refractivity contribution in [1.82, 2.24) is 14.2 Å². The molecule has 190 valence electrons. The average molecular weight is 498 g/mol. The number of aromatic nitrogens is 1. The average Bonchev–Trinajstić information content (AvgIpc) is 3.10. The van der Waals surface area contributed by atoms with Crippen LogP contribution >= 0.6 is 0 Å². The molecular weight excluding hydrogens is 460 g/mol. The van der Waals surface area contributed by atoms with Gasteiger partial charge < -0.3 is 9.30 Å². The van der Waals surface area contributed by atoms with E-state index in [0.29, 0.717) is 11.3 Å². The summed E-state index contributed by atoms with van der Waals surface area (Å²) in [7, 11) is -3.83. The molecule has 1 aromatic heterocycles. The molecular formula is C25H37F2N3O3S. The fraction of sp³-hybridized carbons (Fsp3) is 0.600. The number of alkyl halides is 2. The van der Waals surface area contributed by atoms with Gasteiger partial charge in [0.2, 0.25) is 10.0 Å². The van der Waals surface area contributed by atoms with E-state index in [2.05, 4.69) is 35.0 Å². The van der Waals surface area contributed by atoms with Crippen LogP contribution in [0.5, 0.6) is 0 Å². The summed E-state index contributed by atoms with van der Waals surface area (Å²) < 4.78 is 63.9. The Morgan fingerprint density at radius 2 is 1.74 bits per heavy atom. The molecule has 0 bridgehead atoms. The molecule has 1 aromatic carbocycles. The first kappa shape index (κ1) is 26.8. The predicted molar refractivity (Wildman–Crippen MR) is 130 cm³/mol. The van der Waals surface area contributed by atoms with Crippen molar-refractivity contribution in [2.24, 2.45) is 0 Å².